The highest BCUT2D eigenvalue weighted by Crippen LogP contribution is 2.17. The van der Waals surface area contributed by atoms with E-state index in [9.17, 15) is 9.59 Å². The molecule has 0 radical (unpaired) electrons. The number of nitrogens with zero attached hydrogens (tertiary/aromatic N) is 2. The van der Waals surface area contributed by atoms with Gasteiger partial charge in [0.15, 0.2) is 5.13 Å². The topological polar surface area (TPSA) is 83.6 Å². The van der Waals surface area contributed by atoms with Crippen LogP contribution in [0.2, 0.25) is 0 Å². The van der Waals surface area contributed by atoms with Crippen LogP contribution >= 0.6 is 11.3 Å². The summed E-state index contributed by atoms with van der Waals surface area (Å²) < 4.78 is 5.30. The van der Waals surface area contributed by atoms with Crippen LogP contribution in [0.15, 0.2) is 29.6 Å². The maximum Gasteiger partial charge on any atom is 0.270 e. The first-order valence-corrected chi connectivity index (χ1v) is 9.42. The lowest BCUT2D eigenvalue weighted by Gasteiger charge is -2.26. The molecule has 0 unspecified atom stereocenters. The molecule has 2 amide bonds. The molecule has 8 heteroatoms. The van der Waals surface area contributed by atoms with Gasteiger partial charge in [-0.2, -0.15) is 0 Å². The summed E-state index contributed by atoms with van der Waals surface area (Å²) in [6.45, 7) is 6.48. The van der Waals surface area contributed by atoms with Crippen molar-refractivity contribution in [1.29, 1.82) is 0 Å². The second kappa shape index (κ2) is 8.88. The van der Waals surface area contributed by atoms with E-state index in [0.717, 1.165) is 38.4 Å². The Hall–Kier alpha value is -2.29. The third-order valence-corrected chi connectivity index (χ3v) is 4.92. The van der Waals surface area contributed by atoms with Gasteiger partial charge in [0.25, 0.3) is 11.8 Å². The van der Waals surface area contributed by atoms with Crippen molar-refractivity contribution in [2.75, 3.05) is 44.7 Å². The smallest absolute Gasteiger partial charge is 0.270 e. The number of carbonyl (C=O) groups excluding carboxylic acids is 2. The monoisotopic (exact) mass is 374 g/mol. The van der Waals surface area contributed by atoms with Gasteiger partial charge < -0.3 is 10.1 Å². The number of carbonyl (C=O) groups is 2. The molecule has 0 aliphatic carbocycles. The van der Waals surface area contributed by atoms with Crippen molar-refractivity contribution in [2.24, 2.45) is 0 Å². The molecule has 1 aliphatic heterocycles. The molecule has 2 aromatic rings. The van der Waals surface area contributed by atoms with Gasteiger partial charge in [-0.05, 0) is 18.6 Å². The highest BCUT2D eigenvalue weighted by molar-refractivity contribution is 7.14. The van der Waals surface area contributed by atoms with Crippen LogP contribution in [0.5, 0.6) is 0 Å². The van der Waals surface area contributed by atoms with E-state index in [0.29, 0.717) is 22.9 Å². The molecular formula is C18H22N4O3S. The Morgan fingerprint density at radius 3 is 2.77 bits per heavy atom. The SMILES string of the molecule is Cc1ccccc1C(=O)Nc1nc(C(=O)NCCN2CCOCC2)cs1. The number of hydrogen-bond acceptors (Lipinski definition) is 6. The second-order valence-corrected chi connectivity index (χ2v) is 6.87. The van der Waals surface area contributed by atoms with Crippen molar-refractivity contribution >= 4 is 28.3 Å². The Labute approximate surface area is 156 Å². The van der Waals surface area contributed by atoms with Crippen LogP contribution in [0.3, 0.4) is 0 Å². The normalized spacial score (nSPS) is 14.8. The minimum Gasteiger partial charge on any atom is -0.379 e. The molecule has 1 fully saturated rings. The average Bonchev–Trinajstić information content (AvgIpc) is 3.11. The Kier molecular flexibility index (Phi) is 6.32. The summed E-state index contributed by atoms with van der Waals surface area (Å²) in [7, 11) is 0. The molecule has 1 aromatic carbocycles. The molecule has 0 atom stereocenters. The number of nitrogens with one attached hydrogen (secondary N) is 2. The molecular weight excluding hydrogens is 352 g/mol. The minimum atomic E-state index is -0.231. The van der Waals surface area contributed by atoms with Crippen LogP contribution in [0.25, 0.3) is 0 Å². The highest BCUT2D eigenvalue weighted by Gasteiger charge is 2.15. The molecule has 1 saturated heterocycles. The first-order valence-electron chi connectivity index (χ1n) is 8.54. The zero-order valence-corrected chi connectivity index (χ0v) is 15.5. The van der Waals surface area contributed by atoms with E-state index < -0.39 is 0 Å². The van der Waals surface area contributed by atoms with E-state index in [-0.39, 0.29) is 11.8 Å². The number of anilines is 1. The number of amides is 2. The van der Waals surface area contributed by atoms with Crippen LogP contribution in [0.1, 0.15) is 26.4 Å². The predicted octanol–water partition coefficient (Wildman–Crippen LogP) is 1.77. The van der Waals surface area contributed by atoms with E-state index in [2.05, 4.69) is 20.5 Å². The quantitative estimate of drug-likeness (QED) is 0.805. The first kappa shape index (κ1) is 18.5. The molecule has 138 valence electrons. The molecule has 7 nitrogen and oxygen atoms in total. The maximum atomic E-state index is 12.3. The van der Waals surface area contributed by atoms with Crippen molar-refractivity contribution in [3.63, 3.8) is 0 Å². The summed E-state index contributed by atoms with van der Waals surface area (Å²) in [5.74, 6) is -0.456. The maximum absolute atomic E-state index is 12.3. The van der Waals surface area contributed by atoms with Crippen LogP contribution in [0.4, 0.5) is 5.13 Å². The van der Waals surface area contributed by atoms with E-state index in [4.69, 9.17) is 4.74 Å². The number of benzene rings is 1. The molecule has 0 spiro atoms. The van der Waals surface area contributed by atoms with Crippen LogP contribution in [0, 0.1) is 6.92 Å². The van der Waals surface area contributed by atoms with Crippen molar-refractivity contribution in [2.45, 2.75) is 6.92 Å². The number of hydrogen-bond donors (Lipinski definition) is 2. The fraction of sp³-hybridized carbons (Fsp3) is 0.389. The largest absolute Gasteiger partial charge is 0.379 e. The summed E-state index contributed by atoms with van der Waals surface area (Å²) in [6.07, 6.45) is 0. The number of rotatable bonds is 6. The number of ether oxygens (including phenoxy) is 1. The summed E-state index contributed by atoms with van der Waals surface area (Å²) >= 11 is 1.24. The molecule has 2 heterocycles. The highest BCUT2D eigenvalue weighted by atomic mass is 32.1. The number of thiazole rings is 1. The molecule has 2 N–H and O–H groups in total. The van der Waals surface area contributed by atoms with E-state index in [1.54, 1.807) is 11.4 Å². The number of aromatic nitrogens is 1. The summed E-state index contributed by atoms with van der Waals surface area (Å²) in [4.78, 5) is 30.9. The summed E-state index contributed by atoms with van der Waals surface area (Å²) in [5.41, 5.74) is 1.80. The lowest BCUT2D eigenvalue weighted by Crippen LogP contribution is -2.41. The summed E-state index contributed by atoms with van der Waals surface area (Å²) in [5, 5.41) is 7.68. The van der Waals surface area contributed by atoms with Gasteiger partial charge >= 0.3 is 0 Å². The fourth-order valence-electron chi connectivity index (χ4n) is 2.67. The van der Waals surface area contributed by atoms with Crippen molar-refractivity contribution in [3.05, 3.63) is 46.5 Å². The lowest BCUT2D eigenvalue weighted by molar-refractivity contribution is 0.0383. The zero-order chi connectivity index (χ0) is 18.4. The third-order valence-electron chi connectivity index (χ3n) is 4.16. The van der Waals surface area contributed by atoms with E-state index >= 15 is 0 Å². The average molecular weight is 374 g/mol. The van der Waals surface area contributed by atoms with Gasteiger partial charge in [-0.1, -0.05) is 18.2 Å². The number of aryl methyl sites for hydroxylation is 1. The van der Waals surface area contributed by atoms with Gasteiger partial charge in [-0.3, -0.25) is 19.8 Å². The second-order valence-electron chi connectivity index (χ2n) is 6.02. The van der Waals surface area contributed by atoms with Gasteiger partial charge in [0, 0.05) is 37.1 Å². The van der Waals surface area contributed by atoms with E-state index in [1.165, 1.54) is 11.3 Å². The van der Waals surface area contributed by atoms with Crippen molar-refractivity contribution in [3.8, 4) is 0 Å². The Morgan fingerprint density at radius 2 is 2.00 bits per heavy atom. The van der Waals surface area contributed by atoms with Crippen LogP contribution < -0.4 is 10.6 Å². The predicted molar refractivity (Wildman–Crippen MR) is 101 cm³/mol. The van der Waals surface area contributed by atoms with Crippen LogP contribution in [-0.4, -0.2) is 61.1 Å². The molecule has 1 aliphatic rings. The van der Waals surface area contributed by atoms with Gasteiger partial charge in [0.05, 0.1) is 13.2 Å². The Balaban J connectivity index is 1.49. The Bertz CT molecular complexity index is 771. The van der Waals surface area contributed by atoms with E-state index in [1.807, 2.05) is 25.1 Å². The molecule has 3 rings (SSSR count). The van der Waals surface area contributed by atoms with Gasteiger partial charge in [0.1, 0.15) is 5.69 Å². The van der Waals surface area contributed by atoms with Gasteiger partial charge in [-0.25, -0.2) is 4.98 Å². The zero-order valence-electron chi connectivity index (χ0n) is 14.7. The molecule has 26 heavy (non-hydrogen) atoms. The summed E-state index contributed by atoms with van der Waals surface area (Å²) in [6, 6.07) is 7.34. The number of morpholine rings is 1. The van der Waals surface area contributed by atoms with Crippen molar-refractivity contribution < 1.29 is 14.3 Å². The lowest BCUT2D eigenvalue weighted by atomic mass is 10.1. The minimum absolute atomic E-state index is 0.225. The fourth-order valence-corrected chi connectivity index (χ4v) is 3.36. The Morgan fingerprint density at radius 1 is 1.23 bits per heavy atom. The van der Waals surface area contributed by atoms with Crippen molar-refractivity contribution in [1.82, 2.24) is 15.2 Å². The standard InChI is InChI=1S/C18H22N4O3S/c1-13-4-2-3-5-14(13)16(23)21-18-20-15(12-26-18)17(24)19-6-7-22-8-10-25-11-9-22/h2-5,12H,6-11H2,1H3,(H,19,24)(H,20,21,23). The van der Waals surface area contributed by atoms with Gasteiger partial charge in [0.2, 0.25) is 0 Å². The van der Waals surface area contributed by atoms with Gasteiger partial charge in [-0.15, -0.1) is 11.3 Å². The molecule has 0 bridgehead atoms. The molecule has 1 aromatic heterocycles. The first-order chi connectivity index (χ1) is 12.6. The molecule has 0 saturated carbocycles. The van der Waals surface area contributed by atoms with Crippen LogP contribution in [-0.2, 0) is 4.74 Å². The third kappa shape index (κ3) is 4.87.